The molecular formula is C23H24N3O4+. The number of imide groups is 1. The summed E-state index contributed by atoms with van der Waals surface area (Å²) in [4.78, 5) is 41.4. The van der Waals surface area contributed by atoms with E-state index >= 15 is 0 Å². The summed E-state index contributed by atoms with van der Waals surface area (Å²) in [7, 11) is 1.54. The van der Waals surface area contributed by atoms with Gasteiger partial charge < -0.3 is 15.4 Å². The van der Waals surface area contributed by atoms with Crippen LogP contribution in [0.1, 0.15) is 11.1 Å². The molecule has 1 spiro atoms. The second-order valence-corrected chi connectivity index (χ2v) is 8.21. The van der Waals surface area contributed by atoms with Crippen molar-refractivity contribution in [3.63, 3.8) is 0 Å². The van der Waals surface area contributed by atoms with E-state index in [1.165, 1.54) is 4.90 Å². The summed E-state index contributed by atoms with van der Waals surface area (Å²) in [5.74, 6) is -1.97. The Bertz CT molecular complexity index is 1020. The molecule has 154 valence electrons. The molecule has 0 bridgehead atoms. The largest absolute Gasteiger partial charge is 0.383 e. The van der Waals surface area contributed by atoms with Gasteiger partial charge in [-0.1, -0.05) is 48.5 Å². The molecule has 0 saturated carbocycles. The number of carbonyl (C=O) groups excluding carboxylic acids is 3. The number of amides is 3. The van der Waals surface area contributed by atoms with E-state index in [1.807, 2.05) is 59.9 Å². The van der Waals surface area contributed by atoms with E-state index in [1.54, 1.807) is 7.11 Å². The standard InChI is InChI=1S/C23H23N3O4/c1-30-12-11-26-20(27)18-17(13-14-7-3-2-4-8-14)25-23(19(18)21(26)28)15-9-5-6-10-16(15)24-22(23)29/h2-10,17-19,25H,11-13H2,1H3,(H,24,29)/p+1/t17-,18+,19-,23-/m0/s1. The molecule has 0 aliphatic carbocycles. The van der Waals surface area contributed by atoms with Crippen molar-refractivity contribution in [2.45, 2.75) is 18.0 Å². The van der Waals surface area contributed by atoms with Crippen LogP contribution < -0.4 is 10.6 Å². The number of nitrogens with two attached hydrogens (primary N) is 1. The molecule has 0 unspecified atom stereocenters. The molecule has 3 amide bonds. The number of rotatable bonds is 5. The topological polar surface area (TPSA) is 92.3 Å². The minimum absolute atomic E-state index is 0.201. The Kier molecular flexibility index (Phi) is 4.45. The van der Waals surface area contributed by atoms with E-state index in [2.05, 4.69) is 5.32 Å². The summed E-state index contributed by atoms with van der Waals surface area (Å²) in [6.45, 7) is 0.484. The number of para-hydroxylation sites is 1. The Morgan fingerprint density at radius 3 is 2.53 bits per heavy atom. The van der Waals surface area contributed by atoms with Crippen LogP contribution in [-0.2, 0) is 31.1 Å². The molecule has 0 radical (unpaired) electrons. The Labute approximate surface area is 174 Å². The molecule has 2 saturated heterocycles. The number of methoxy groups -OCH3 is 1. The number of nitrogens with one attached hydrogen (secondary N) is 1. The second kappa shape index (κ2) is 7.04. The molecular weight excluding hydrogens is 382 g/mol. The summed E-state index contributed by atoms with van der Waals surface area (Å²) in [5.41, 5.74) is 1.47. The highest BCUT2D eigenvalue weighted by Gasteiger charge is 2.73. The first-order valence-corrected chi connectivity index (χ1v) is 10.2. The smallest absolute Gasteiger partial charge is 0.291 e. The van der Waals surface area contributed by atoms with Crippen LogP contribution in [0.3, 0.4) is 0 Å². The Hall–Kier alpha value is -3.03. The number of fused-ring (bicyclic) bond motifs is 4. The third-order valence-corrected chi connectivity index (χ3v) is 6.70. The van der Waals surface area contributed by atoms with E-state index < -0.39 is 17.4 Å². The predicted molar refractivity (Wildman–Crippen MR) is 108 cm³/mol. The van der Waals surface area contributed by atoms with Gasteiger partial charge in [0.15, 0.2) is 0 Å². The third-order valence-electron chi connectivity index (χ3n) is 6.70. The fraction of sp³-hybridized carbons (Fsp3) is 0.348. The van der Waals surface area contributed by atoms with E-state index in [4.69, 9.17) is 4.74 Å². The van der Waals surface area contributed by atoms with Gasteiger partial charge in [0, 0.05) is 19.1 Å². The van der Waals surface area contributed by atoms with Gasteiger partial charge in [-0.05, 0) is 11.6 Å². The number of carbonyl (C=O) groups is 3. The zero-order valence-electron chi connectivity index (χ0n) is 16.7. The first-order chi connectivity index (χ1) is 14.6. The summed E-state index contributed by atoms with van der Waals surface area (Å²) in [6.07, 6.45) is 0.607. The lowest BCUT2D eigenvalue weighted by Crippen LogP contribution is -2.99. The van der Waals surface area contributed by atoms with Crippen LogP contribution in [-0.4, -0.2) is 48.9 Å². The zero-order chi connectivity index (χ0) is 20.9. The van der Waals surface area contributed by atoms with Crippen molar-refractivity contribution in [1.29, 1.82) is 0 Å². The number of ether oxygens (including phenoxy) is 1. The average molecular weight is 406 g/mol. The van der Waals surface area contributed by atoms with E-state index in [9.17, 15) is 14.4 Å². The van der Waals surface area contributed by atoms with Crippen LogP contribution in [0.15, 0.2) is 54.6 Å². The molecule has 30 heavy (non-hydrogen) atoms. The summed E-state index contributed by atoms with van der Waals surface area (Å²) < 4.78 is 5.11. The lowest BCUT2D eigenvalue weighted by atomic mass is 9.76. The predicted octanol–water partition coefficient (Wildman–Crippen LogP) is 0.270. The van der Waals surface area contributed by atoms with Gasteiger partial charge in [0.1, 0.15) is 17.9 Å². The lowest BCUT2D eigenvalue weighted by Gasteiger charge is -2.26. The third kappa shape index (κ3) is 2.55. The maximum Gasteiger partial charge on any atom is 0.291 e. The van der Waals surface area contributed by atoms with Crippen molar-refractivity contribution >= 4 is 23.4 Å². The fourth-order valence-electron chi connectivity index (χ4n) is 5.46. The molecule has 3 aliphatic rings. The van der Waals surface area contributed by atoms with Crippen LogP contribution in [0.25, 0.3) is 0 Å². The quantitative estimate of drug-likeness (QED) is 0.698. The highest BCUT2D eigenvalue weighted by molar-refractivity contribution is 6.13. The normalized spacial score (nSPS) is 29.4. The molecule has 0 aromatic heterocycles. The van der Waals surface area contributed by atoms with E-state index in [0.29, 0.717) is 12.1 Å². The molecule has 7 heteroatoms. The number of benzene rings is 2. The van der Waals surface area contributed by atoms with Gasteiger partial charge in [-0.15, -0.1) is 0 Å². The number of anilines is 1. The van der Waals surface area contributed by atoms with Crippen molar-refractivity contribution in [2.24, 2.45) is 11.8 Å². The van der Waals surface area contributed by atoms with Crippen molar-refractivity contribution in [2.75, 3.05) is 25.6 Å². The molecule has 2 aromatic carbocycles. The van der Waals surface area contributed by atoms with Crippen molar-refractivity contribution in [3.05, 3.63) is 65.7 Å². The average Bonchev–Trinajstić information content (AvgIpc) is 3.33. The van der Waals surface area contributed by atoms with Crippen LogP contribution in [0.2, 0.25) is 0 Å². The van der Waals surface area contributed by atoms with Crippen molar-refractivity contribution in [3.8, 4) is 0 Å². The number of quaternary nitrogens is 1. The molecule has 4 atom stereocenters. The van der Waals surface area contributed by atoms with Gasteiger partial charge in [0.05, 0.1) is 18.8 Å². The lowest BCUT2D eigenvalue weighted by molar-refractivity contribution is -0.733. The van der Waals surface area contributed by atoms with E-state index in [-0.39, 0.29) is 36.9 Å². The van der Waals surface area contributed by atoms with Gasteiger partial charge >= 0.3 is 0 Å². The number of hydrogen-bond acceptors (Lipinski definition) is 4. The molecule has 3 heterocycles. The second-order valence-electron chi connectivity index (χ2n) is 8.21. The van der Waals surface area contributed by atoms with Gasteiger partial charge in [-0.3, -0.25) is 19.3 Å². The van der Waals surface area contributed by atoms with Gasteiger partial charge in [-0.25, -0.2) is 0 Å². The van der Waals surface area contributed by atoms with Crippen LogP contribution in [0.5, 0.6) is 0 Å². The number of hydrogen-bond donors (Lipinski definition) is 2. The molecule has 5 rings (SSSR count). The Morgan fingerprint density at radius 1 is 1.03 bits per heavy atom. The monoisotopic (exact) mass is 406 g/mol. The molecule has 3 N–H and O–H groups in total. The summed E-state index contributed by atoms with van der Waals surface area (Å²) >= 11 is 0. The summed E-state index contributed by atoms with van der Waals surface area (Å²) in [6, 6.07) is 17.2. The highest BCUT2D eigenvalue weighted by atomic mass is 16.5. The minimum Gasteiger partial charge on any atom is -0.383 e. The van der Waals surface area contributed by atoms with Crippen LogP contribution in [0, 0.1) is 11.8 Å². The van der Waals surface area contributed by atoms with Gasteiger partial charge in [0.2, 0.25) is 17.4 Å². The molecule has 2 fully saturated rings. The van der Waals surface area contributed by atoms with Crippen molar-refractivity contribution < 1.29 is 24.4 Å². The van der Waals surface area contributed by atoms with Crippen molar-refractivity contribution in [1.82, 2.24) is 4.90 Å². The Balaban J connectivity index is 1.60. The van der Waals surface area contributed by atoms with E-state index in [0.717, 1.165) is 11.1 Å². The maximum absolute atomic E-state index is 13.5. The minimum atomic E-state index is -1.12. The first-order valence-electron chi connectivity index (χ1n) is 10.2. The first kappa shape index (κ1) is 19.0. The highest BCUT2D eigenvalue weighted by Crippen LogP contribution is 2.49. The molecule has 3 aliphatic heterocycles. The number of nitrogens with zero attached hydrogens (tertiary/aromatic N) is 1. The Morgan fingerprint density at radius 2 is 1.77 bits per heavy atom. The maximum atomic E-state index is 13.5. The molecule has 7 nitrogen and oxygen atoms in total. The van der Waals surface area contributed by atoms with Gasteiger partial charge in [0.25, 0.3) is 5.91 Å². The molecule has 2 aromatic rings. The zero-order valence-corrected chi connectivity index (χ0v) is 16.7. The van der Waals surface area contributed by atoms with Crippen LogP contribution >= 0.6 is 0 Å². The summed E-state index contributed by atoms with van der Waals surface area (Å²) in [5, 5.41) is 4.92. The van der Waals surface area contributed by atoms with Crippen LogP contribution in [0.4, 0.5) is 5.69 Å². The number of likely N-dealkylation sites (tertiary alicyclic amines) is 1. The fourth-order valence-corrected chi connectivity index (χ4v) is 5.46. The van der Waals surface area contributed by atoms with Gasteiger partial charge in [-0.2, -0.15) is 0 Å². The SMILES string of the molecule is COCCN1C(=O)[C@@H]2[C@H](Cc3ccccc3)[NH2+][C@]3(C(=O)Nc4ccccc43)[C@@H]2C1=O.